The quantitative estimate of drug-likeness (QED) is 0.191. The number of nitrogens with one attached hydrogen (secondary N) is 1. The molecule has 1 spiro atoms. The second-order valence-corrected chi connectivity index (χ2v) is 14.1. The molecular formula is C37H32ClF3N8O5. The maximum atomic E-state index is 14.5. The number of anilines is 1. The molecule has 13 nitrogen and oxygen atoms in total. The van der Waals surface area contributed by atoms with Gasteiger partial charge in [0.15, 0.2) is 11.5 Å². The minimum Gasteiger partial charge on any atom is -0.505 e. The molecule has 2 N–H and O–H groups in total. The predicted molar refractivity (Wildman–Crippen MR) is 190 cm³/mol. The van der Waals surface area contributed by atoms with E-state index in [2.05, 4.69) is 25.2 Å². The first kappa shape index (κ1) is 36.6. The topological polar surface area (TPSA) is 148 Å². The molecule has 2 amide bonds. The third-order valence-corrected chi connectivity index (χ3v) is 10.2. The van der Waals surface area contributed by atoms with Gasteiger partial charge in [-0.3, -0.25) is 14.4 Å². The Morgan fingerprint density at radius 2 is 1.80 bits per heavy atom. The van der Waals surface area contributed by atoms with Gasteiger partial charge >= 0.3 is 6.18 Å². The highest BCUT2D eigenvalue weighted by Crippen LogP contribution is 2.48. The van der Waals surface area contributed by atoms with Gasteiger partial charge in [0.2, 0.25) is 11.7 Å². The summed E-state index contributed by atoms with van der Waals surface area (Å²) in [6.45, 7) is 12.7. The van der Waals surface area contributed by atoms with Gasteiger partial charge in [0, 0.05) is 44.3 Å². The SMILES string of the molecule is [C-]#[N+]C(C)(C)c1ccc(-c2nc3n(CC(=O)Nc4ccc(C(F)(F)F)cc4Cl)c4c(c(=O)n3n2)C2(CCN(C(=O)c3ncccc3O)CC2)O[C@@H]4C)cc1. The number of fused-ring (bicyclic) bond motifs is 3. The van der Waals surface area contributed by atoms with Crippen molar-refractivity contribution in [2.45, 2.75) is 63.6 Å². The molecule has 5 heterocycles. The van der Waals surface area contributed by atoms with E-state index in [1.165, 1.54) is 27.8 Å². The summed E-state index contributed by atoms with van der Waals surface area (Å²) in [6, 6.07) is 12.5. The lowest BCUT2D eigenvalue weighted by Gasteiger charge is -2.39. The Morgan fingerprint density at radius 1 is 1.11 bits per heavy atom. The van der Waals surface area contributed by atoms with Gasteiger partial charge < -0.3 is 29.5 Å². The molecule has 0 unspecified atom stereocenters. The summed E-state index contributed by atoms with van der Waals surface area (Å²) in [5, 5.41) is 17.0. The smallest absolute Gasteiger partial charge is 0.416 e. The first-order chi connectivity index (χ1) is 25.5. The summed E-state index contributed by atoms with van der Waals surface area (Å²) in [4.78, 5) is 55.3. The van der Waals surface area contributed by atoms with Gasteiger partial charge in [-0.05, 0) is 50.1 Å². The summed E-state index contributed by atoms with van der Waals surface area (Å²) in [5.41, 5.74) is -1.72. The van der Waals surface area contributed by atoms with E-state index in [0.717, 1.165) is 22.2 Å². The fourth-order valence-corrected chi connectivity index (χ4v) is 7.25. The van der Waals surface area contributed by atoms with Crippen LogP contribution in [0, 0.1) is 6.57 Å². The van der Waals surface area contributed by atoms with Gasteiger partial charge in [0.1, 0.15) is 17.9 Å². The van der Waals surface area contributed by atoms with E-state index < -0.39 is 52.9 Å². The maximum absolute atomic E-state index is 14.5. The number of nitrogens with zero attached hydrogens (tertiary/aromatic N) is 7. The number of hydrogen-bond donors (Lipinski definition) is 2. The molecule has 0 aliphatic carbocycles. The third kappa shape index (κ3) is 6.32. The largest absolute Gasteiger partial charge is 0.505 e. The normalized spacial score (nSPS) is 16.7. The number of aromatic nitrogens is 5. The molecule has 7 rings (SSSR count). The number of piperidine rings is 1. The van der Waals surface area contributed by atoms with Crippen molar-refractivity contribution in [1.29, 1.82) is 0 Å². The highest BCUT2D eigenvalue weighted by molar-refractivity contribution is 6.33. The number of alkyl halides is 3. The van der Waals surface area contributed by atoms with Crippen molar-refractivity contribution in [3.05, 3.63) is 116 Å². The standard InChI is InChI=1S/C37H32ClF3N8O5/c1-20-30-28(36(54-20)13-16-47(17-14-36)33(53)29-26(50)6-5-15-43-29)32(52)49-34(45-31(46-49)21-7-9-22(10-8-21)35(2,3)42-4)48(30)19-27(51)44-25-12-11-23(18-24(25)38)37(39,40)41/h5-12,15,18,20,50H,13-14,16-17,19H2,1-3H3,(H,44,51)/t20-/m1/s1. The zero-order valence-electron chi connectivity index (χ0n) is 29.1. The molecule has 17 heteroatoms. The van der Waals surface area contributed by atoms with Gasteiger partial charge in [-0.2, -0.15) is 22.7 Å². The number of halogens is 4. The third-order valence-electron chi connectivity index (χ3n) is 9.88. The molecule has 54 heavy (non-hydrogen) atoms. The fraction of sp³-hybridized carbons (Fsp3) is 0.324. The first-order valence-electron chi connectivity index (χ1n) is 16.8. The van der Waals surface area contributed by atoms with Crippen molar-refractivity contribution in [1.82, 2.24) is 29.0 Å². The number of likely N-dealkylation sites (tertiary alicyclic amines) is 1. The molecule has 0 radical (unpaired) electrons. The lowest BCUT2D eigenvalue weighted by Crippen LogP contribution is -2.47. The molecule has 1 fully saturated rings. The van der Waals surface area contributed by atoms with E-state index in [0.29, 0.717) is 17.3 Å². The first-order valence-corrected chi connectivity index (χ1v) is 17.2. The Kier molecular flexibility index (Phi) is 8.97. The Hall–Kier alpha value is -5.79. The number of carbonyl (C=O) groups is 2. The Balaban J connectivity index is 1.29. The highest BCUT2D eigenvalue weighted by atomic mass is 35.5. The Labute approximate surface area is 310 Å². The zero-order chi connectivity index (χ0) is 38.7. The molecule has 2 aliphatic rings. The van der Waals surface area contributed by atoms with Crippen molar-refractivity contribution in [3.8, 4) is 17.1 Å². The minimum atomic E-state index is -4.64. The molecule has 3 aromatic heterocycles. The van der Waals surface area contributed by atoms with Gasteiger partial charge in [0.05, 0.1) is 33.6 Å². The number of amides is 2. The molecule has 2 aliphatic heterocycles. The molecule has 2 aromatic carbocycles. The van der Waals surface area contributed by atoms with Crippen LogP contribution in [0.2, 0.25) is 5.02 Å². The van der Waals surface area contributed by atoms with Crippen molar-refractivity contribution >= 4 is 34.9 Å². The van der Waals surface area contributed by atoms with Gasteiger partial charge in [-0.25, -0.2) is 11.6 Å². The van der Waals surface area contributed by atoms with Crippen LogP contribution in [0.4, 0.5) is 18.9 Å². The van der Waals surface area contributed by atoms with Gasteiger partial charge in [0.25, 0.3) is 17.0 Å². The van der Waals surface area contributed by atoms with Crippen LogP contribution < -0.4 is 10.9 Å². The van der Waals surface area contributed by atoms with E-state index in [-0.39, 0.29) is 65.3 Å². The average molecular weight is 761 g/mol. The highest BCUT2D eigenvalue weighted by Gasteiger charge is 2.50. The van der Waals surface area contributed by atoms with Crippen LogP contribution in [0.15, 0.2) is 65.6 Å². The summed E-state index contributed by atoms with van der Waals surface area (Å²) < 4.78 is 48.9. The van der Waals surface area contributed by atoms with Gasteiger partial charge in [-0.15, -0.1) is 5.10 Å². The Morgan fingerprint density at radius 3 is 2.43 bits per heavy atom. The lowest BCUT2D eigenvalue weighted by molar-refractivity contribution is -0.137. The second kappa shape index (κ2) is 13.3. The summed E-state index contributed by atoms with van der Waals surface area (Å²) in [5.74, 6) is -1.23. The zero-order valence-corrected chi connectivity index (χ0v) is 29.9. The fourth-order valence-electron chi connectivity index (χ4n) is 7.02. The number of aromatic hydroxyl groups is 1. The van der Waals surface area contributed by atoms with Crippen molar-refractivity contribution < 1.29 is 32.6 Å². The van der Waals surface area contributed by atoms with Crippen LogP contribution in [0.5, 0.6) is 5.75 Å². The number of hydrogen-bond acceptors (Lipinski definition) is 8. The van der Waals surface area contributed by atoms with Crippen LogP contribution in [0.3, 0.4) is 0 Å². The molecule has 0 saturated carbocycles. The molecule has 1 atom stereocenters. The van der Waals surface area contributed by atoms with E-state index in [1.807, 2.05) is 0 Å². The molecule has 5 aromatic rings. The summed E-state index contributed by atoms with van der Waals surface area (Å²) in [6.07, 6.45) is -3.59. The van der Waals surface area contributed by atoms with Crippen molar-refractivity contribution in [2.75, 3.05) is 18.4 Å². The maximum Gasteiger partial charge on any atom is 0.416 e. The monoisotopic (exact) mass is 760 g/mol. The van der Waals surface area contributed by atoms with E-state index >= 15 is 0 Å². The van der Waals surface area contributed by atoms with Crippen LogP contribution in [0.25, 0.3) is 22.0 Å². The summed E-state index contributed by atoms with van der Waals surface area (Å²) >= 11 is 6.14. The molecule has 0 bridgehead atoms. The number of benzene rings is 2. The van der Waals surface area contributed by atoms with Crippen LogP contribution in [0.1, 0.15) is 72.6 Å². The number of rotatable bonds is 6. The van der Waals surface area contributed by atoms with Crippen LogP contribution in [-0.2, 0) is 33.4 Å². The lowest BCUT2D eigenvalue weighted by atomic mass is 9.85. The van der Waals surface area contributed by atoms with E-state index in [9.17, 15) is 32.7 Å². The Bertz CT molecular complexity index is 2430. The average Bonchev–Trinajstić information content (AvgIpc) is 3.71. The predicted octanol–water partition coefficient (Wildman–Crippen LogP) is 6.35. The molecular weight excluding hydrogens is 729 g/mol. The minimum absolute atomic E-state index is 0.0127. The summed E-state index contributed by atoms with van der Waals surface area (Å²) in [7, 11) is 0. The van der Waals surface area contributed by atoms with E-state index in [1.54, 1.807) is 45.0 Å². The van der Waals surface area contributed by atoms with E-state index in [4.69, 9.17) is 22.9 Å². The van der Waals surface area contributed by atoms with Crippen molar-refractivity contribution in [3.63, 3.8) is 0 Å². The second-order valence-electron chi connectivity index (χ2n) is 13.7. The van der Waals surface area contributed by atoms with Crippen molar-refractivity contribution in [2.24, 2.45) is 0 Å². The van der Waals surface area contributed by atoms with Gasteiger partial charge in [-0.1, -0.05) is 35.9 Å². The molecule has 1 saturated heterocycles. The van der Waals surface area contributed by atoms with Crippen LogP contribution in [-0.4, -0.2) is 59.1 Å². The van der Waals surface area contributed by atoms with Crippen LogP contribution >= 0.6 is 11.6 Å². The molecule has 278 valence electrons. The number of ether oxygens (including phenoxy) is 1. The number of carbonyl (C=O) groups excluding carboxylic acids is 2. The number of pyridine rings is 1.